The Morgan fingerprint density at radius 3 is 2.62 bits per heavy atom. The van der Waals surface area contributed by atoms with E-state index < -0.39 is 0 Å². The third kappa shape index (κ3) is 3.45. The van der Waals surface area contributed by atoms with Crippen LogP contribution in [0.1, 0.15) is 16.8 Å². The minimum absolute atomic E-state index is 0.125. The van der Waals surface area contributed by atoms with E-state index >= 15 is 0 Å². The fourth-order valence-electron chi connectivity index (χ4n) is 2.95. The first-order chi connectivity index (χ1) is 11.6. The van der Waals surface area contributed by atoms with E-state index in [1.165, 1.54) is 0 Å². The molecule has 3 rings (SSSR count). The van der Waals surface area contributed by atoms with Gasteiger partial charge in [0.2, 0.25) is 0 Å². The number of anilines is 1. The molecule has 0 aromatic carbocycles. The van der Waals surface area contributed by atoms with Gasteiger partial charge >= 0.3 is 0 Å². The van der Waals surface area contributed by atoms with Crippen molar-refractivity contribution >= 4 is 17.4 Å². The summed E-state index contributed by atoms with van der Waals surface area (Å²) < 4.78 is 0. The maximum absolute atomic E-state index is 10.3. The molecule has 0 unspecified atom stereocenters. The Bertz CT molecular complexity index is 718. The van der Waals surface area contributed by atoms with Crippen LogP contribution in [0.4, 0.5) is 5.82 Å². The smallest absolute Gasteiger partial charge is 0.147 e. The summed E-state index contributed by atoms with van der Waals surface area (Å²) >= 11 is 6.22. The molecule has 0 atom stereocenters. The first kappa shape index (κ1) is 17.0. The molecular weight excluding hydrogens is 328 g/mol. The highest BCUT2D eigenvalue weighted by atomic mass is 35.5. The number of aliphatic hydroxyl groups excluding tert-OH is 1. The fourth-order valence-corrected chi connectivity index (χ4v) is 3.19. The van der Waals surface area contributed by atoms with Gasteiger partial charge in [0.05, 0.1) is 17.3 Å². The van der Waals surface area contributed by atoms with E-state index in [9.17, 15) is 10.2 Å². The van der Waals surface area contributed by atoms with Gasteiger partial charge in [-0.15, -0.1) is 0 Å². The van der Waals surface area contributed by atoms with Gasteiger partial charge in [-0.1, -0.05) is 11.6 Å². The van der Waals surface area contributed by atoms with Crippen molar-refractivity contribution in [2.45, 2.75) is 20.1 Å². The molecule has 2 aromatic heterocycles. The standard InChI is InChI=1S/C17H21ClN4O2/c1-12-16(24)14(13(11-23)9-20-12)10-21-5-7-22(8-6-21)17-15(18)3-2-4-19-17/h2-4,9,23-24H,5-8,10-11H2,1H3. The molecule has 2 N–H and O–H groups in total. The Kier molecular flexibility index (Phi) is 5.18. The van der Waals surface area contributed by atoms with Crippen LogP contribution >= 0.6 is 11.6 Å². The Labute approximate surface area is 146 Å². The van der Waals surface area contributed by atoms with Crippen molar-refractivity contribution in [3.63, 3.8) is 0 Å². The van der Waals surface area contributed by atoms with Crippen LogP contribution in [-0.4, -0.2) is 51.3 Å². The summed E-state index contributed by atoms with van der Waals surface area (Å²) in [5.41, 5.74) is 2.02. The second kappa shape index (κ2) is 7.34. The van der Waals surface area contributed by atoms with Gasteiger partial charge in [0.1, 0.15) is 11.6 Å². The lowest BCUT2D eigenvalue weighted by atomic mass is 10.1. The lowest BCUT2D eigenvalue weighted by Gasteiger charge is -2.36. The van der Waals surface area contributed by atoms with Crippen molar-refractivity contribution in [3.8, 4) is 5.75 Å². The molecule has 1 fully saturated rings. The fraction of sp³-hybridized carbons (Fsp3) is 0.412. The van der Waals surface area contributed by atoms with Crippen molar-refractivity contribution in [3.05, 3.63) is 46.4 Å². The maximum Gasteiger partial charge on any atom is 0.147 e. The molecule has 1 aliphatic rings. The normalized spacial score (nSPS) is 15.7. The van der Waals surface area contributed by atoms with Gasteiger partial charge in [-0.3, -0.25) is 9.88 Å². The second-order valence-corrected chi connectivity index (χ2v) is 6.33. The molecule has 2 aromatic rings. The molecule has 1 saturated heterocycles. The first-order valence-corrected chi connectivity index (χ1v) is 8.33. The number of nitrogens with zero attached hydrogens (tertiary/aromatic N) is 4. The van der Waals surface area contributed by atoms with Crippen molar-refractivity contribution in [1.82, 2.24) is 14.9 Å². The largest absolute Gasteiger partial charge is 0.506 e. The number of piperazine rings is 1. The van der Waals surface area contributed by atoms with Crippen LogP contribution in [-0.2, 0) is 13.2 Å². The molecule has 24 heavy (non-hydrogen) atoms. The highest BCUT2D eigenvalue weighted by molar-refractivity contribution is 6.32. The number of pyridine rings is 2. The molecule has 0 radical (unpaired) electrons. The summed E-state index contributed by atoms with van der Waals surface area (Å²) in [6, 6.07) is 3.68. The minimum atomic E-state index is -0.125. The molecule has 1 aliphatic heterocycles. The van der Waals surface area contributed by atoms with Crippen LogP contribution < -0.4 is 4.90 Å². The lowest BCUT2D eigenvalue weighted by Crippen LogP contribution is -2.46. The van der Waals surface area contributed by atoms with Crippen LogP contribution in [0.3, 0.4) is 0 Å². The van der Waals surface area contributed by atoms with Gasteiger partial charge in [0.15, 0.2) is 0 Å². The number of aliphatic hydroxyl groups is 1. The van der Waals surface area contributed by atoms with Crippen LogP contribution in [0.15, 0.2) is 24.5 Å². The van der Waals surface area contributed by atoms with Crippen LogP contribution in [0.2, 0.25) is 5.02 Å². The molecule has 0 saturated carbocycles. The topological polar surface area (TPSA) is 72.7 Å². The van der Waals surface area contributed by atoms with Crippen LogP contribution in [0, 0.1) is 6.92 Å². The SMILES string of the molecule is Cc1ncc(CO)c(CN2CCN(c3ncccc3Cl)CC2)c1O. The number of rotatable bonds is 4. The quantitative estimate of drug-likeness (QED) is 0.880. The van der Waals surface area contributed by atoms with Gasteiger partial charge in [-0.2, -0.15) is 0 Å². The van der Waals surface area contributed by atoms with E-state index in [1.54, 1.807) is 19.3 Å². The van der Waals surface area contributed by atoms with E-state index in [0.717, 1.165) is 37.6 Å². The molecule has 3 heterocycles. The molecule has 128 valence electrons. The van der Waals surface area contributed by atoms with E-state index in [4.69, 9.17) is 11.6 Å². The summed E-state index contributed by atoms with van der Waals surface area (Å²) in [5.74, 6) is 0.995. The Morgan fingerprint density at radius 1 is 1.21 bits per heavy atom. The zero-order valence-corrected chi connectivity index (χ0v) is 14.4. The maximum atomic E-state index is 10.3. The lowest BCUT2D eigenvalue weighted by molar-refractivity contribution is 0.238. The average molecular weight is 349 g/mol. The van der Waals surface area contributed by atoms with Gasteiger partial charge in [-0.05, 0) is 19.1 Å². The van der Waals surface area contributed by atoms with Gasteiger partial charge in [-0.25, -0.2) is 4.98 Å². The first-order valence-electron chi connectivity index (χ1n) is 7.95. The second-order valence-electron chi connectivity index (χ2n) is 5.93. The number of hydrogen-bond donors (Lipinski definition) is 2. The van der Waals surface area contributed by atoms with Crippen LogP contribution in [0.25, 0.3) is 0 Å². The predicted octanol–water partition coefficient (Wildman–Crippen LogP) is 1.96. The van der Waals surface area contributed by atoms with Crippen molar-refractivity contribution in [2.75, 3.05) is 31.1 Å². The third-order valence-corrected chi connectivity index (χ3v) is 4.69. The number of halogens is 1. The molecule has 0 bridgehead atoms. The Balaban J connectivity index is 1.68. The summed E-state index contributed by atoms with van der Waals surface area (Å²) in [4.78, 5) is 12.9. The van der Waals surface area contributed by atoms with Crippen molar-refractivity contribution < 1.29 is 10.2 Å². The van der Waals surface area contributed by atoms with Crippen molar-refractivity contribution in [2.24, 2.45) is 0 Å². The number of aryl methyl sites for hydroxylation is 1. The molecule has 0 spiro atoms. The number of aromatic hydroxyl groups is 1. The average Bonchev–Trinajstić information content (AvgIpc) is 2.60. The Morgan fingerprint density at radius 2 is 1.96 bits per heavy atom. The van der Waals surface area contributed by atoms with Crippen molar-refractivity contribution in [1.29, 1.82) is 0 Å². The summed E-state index contributed by atoms with van der Waals surface area (Å²) in [7, 11) is 0. The third-order valence-electron chi connectivity index (χ3n) is 4.39. The van der Waals surface area contributed by atoms with Gasteiger partial charge in [0, 0.05) is 56.2 Å². The summed E-state index contributed by atoms with van der Waals surface area (Å²) in [6.07, 6.45) is 3.38. The molecule has 0 amide bonds. The summed E-state index contributed by atoms with van der Waals surface area (Å²) in [5, 5.41) is 20.4. The summed E-state index contributed by atoms with van der Waals surface area (Å²) in [6.45, 7) is 5.53. The highest BCUT2D eigenvalue weighted by Gasteiger charge is 2.22. The number of hydrogen-bond acceptors (Lipinski definition) is 6. The molecule has 7 heteroatoms. The van der Waals surface area contributed by atoms with Crippen LogP contribution in [0.5, 0.6) is 5.75 Å². The monoisotopic (exact) mass is 348 g/mol. The van der Waals surface area contributed by atoms with E-state index in [1.807, 2.05) is 12.1 Å². The highest BCUT2D eigenvalue weighted by Crippen LogP contribution is 2.27. The number of aromatic nitrogens is 2. The molecule has 6 nitrogen and oxygen atoms in total. The zero-order chi connectivity index (χ0) is 17.1. The van der Waals surface area contributed by atoms with E-state index in [2.05, 4.69) is 19.8 Å². The van der Waals surface area contributed by atoms with Gasteiger partial charge in [0.25, 0.3) is 0 Å². The zero-order valence-electron chi connectivity index (χ0n) is 13.6. The van der Waals surface area contributed by atoms with E-state index in [-0.39, 0.29) is 12.4 Å². The molecule has 0 aliphatic carbocycles. The van der Waals surface area contributed by atoms with Gasteiger partial charge < -0.3 is 15.1 Å². The Hall–Kier alpha value is -1.89. The van der Waals surface area contributed by atoms with E-state index in [0.29, 0.717) is 22.8 Å². The molecular formula is C17H21ClN4O2. The minimum Gasteiger partial charge on any atom is -0.506 e. The predicted molar refractivity (Wildman–Crippen MR) is 93.3 cm³/mol.